The van der Waals surface area contributed by atoms with Gasteiger partial charge in [0.2, 0.25) is 0 Å². The van der Waals surface area contributed by atoms with Gasteiger partial charge in [-0.25, -0.2) is 9.59 Å². The van der Waals surface area contributed by atoms with Crippen LogP contribution in [0, 0.1) is 0 Å². The average molecular weight is 368 g/mol. The third-order valence-corrected chi connectivity index (χ3v) is 4.47. The lowest BCUT2D eigenvalue weighted by molar-refractivity contribution is 0.0221. The van der Waals surface area contributed by atoms with Crippen LogP contribution in [-0.4, -0.2) is 39.2 Å². The maximum Gasteiger partial charge on any atom is 0.410 e. The Morgan fingerprint density at radius 3 is 2.33 bits per heavy atom. The highest BCUT2D eigenvalue weighted by Gasteiger charge is 2.33. The van der Waals surface area contributed by atoms with Crippen molar-refractivity contribution in [2.45, 2.75) is 45.3 Å². The molecule has 0 radical (unpaired) electrons. The number of aromatic nitrogens is 1. The van der Waals surface area contributed by atoms with Crippen molar-refractivity contribution in [2.24, 2.45) is 0 Å². The largest absolute Gasteiger partial charge is 0.478 e. The molecule has 142 valence electrons. The Hall–Kier alpha value is -2.89. The van der Waals surface area contributed by atoms with Gasteiger partial charge in [0.25, 0.3) is 0 Å². The second-order valence-corrected chi connectivity index (χ2v) is 7.69. The van der Waals surface area contributed by atoms with Crippen LogP contribution < -0.4 is 0 Å². The van der Waals surface area contributed by atoms with Gasteiger partial charge in [0.15, 0.2) is 0 Å². The Bertz CT molecular complexity index is 823. The van der Waals surface area contributed by atoms with Gasteiger partial charge >= 0.3 is 12.1 Å². The highest BCUT2D eigenvalue weighted by Crippen LogP contribution is 2.33. The molecule has 2 heterocycles. The van der Waals surface area contributed by atoms with Crippen molar-refractivity contribution >= 4 is 12.1 Å². The van der Waals surface area contributed by atoms with Crippen LogP contribution >= 0.6 is 0 Å². The first-order valence-electron chi connectivity index (χ1n) is 9.04. The summed E-state index contributed by atoms with van der Waals surface area (Å²) in [6, 6.07) is 10.5. The Morgan fingerprint density at radius 2 is 1.78 bits per heavy atom. The number of pyridine rings is 1. The summed E-state index contributed by atoms with van der Waals surface area (Å²) in [5.41, 5.74) is 2.36. The summed E-state index contributed by atoms with van der Waals surface area (Å²) in [7, 11) is 0. The molecule has 1 aliphatic rings. The van der Waals surface area contributed by atoms with E-state index in [9.17, 15) is 9.59 Å². The van der Waals surface area contributed by atoms with Crippen LogP contribution in [0.3, 0.4) is 0 Å². The van der Waals surface area contributed by atoms with Gasteiger partial charge in [0, 0.05) is 18.3 Å². The zero-order chi connectivity index (χ0) is 19.6. The van der Waals surface area contributed by atoms with E-state index in [0.29, 0.717) is 6.54 Å². The van der Waals surface area contributed by atoms with Crippen LogP contribution in [-0.2, 0) is 4.74 Å². The third-order valence-electron chi connectivity index (χ3n) is 4.47. The number of aromatic carboxylic acids is 1. The highest BCUT2D eigenvalue weighted by molar-refractivity contribution is 5.88. The molecule has 0 saturated carbocycles. The van der Waals surface area contributed by atoms with Crippen LogP contribution in [0.15, 0.2) is 42.6 Å². The van der Waals surface area contributed by atoms with Crippen molar-refractivity contribution in [3.8, 4) is 11.1 Å². The lowest BCUT2D eigenvalue weighted by Crippen LogP contribution is -2.36. The predicted molar refractivity (Wildman–Crippen MR) is 102 cm³/mol. The van der Waals surface area contributed by atoms with Gasteiger partial charge in [-0.15, -0.1) is 0 Å². The Morgan fingerprint density at radius 1 is 1.11 bits per heavy atom. The molecule has 1 atom stereocenters. The first-order valence-corrected chi connectivity index (χ1v) is 9.04. The number of ether oxygens (including phenoxy) is 1. The molecule has 1 fully saturated rings. The summed E-state index contributed by atoms with van der Waals surface area (Å²) < 4.78 is 5.51. The number of benzene rings is 1. The molecule has 1 N–H and O–H groups in total. The molecule has 6 heteroatoms. The maximum absolute atomic E-state index is 12.4. The average Bonchev–Trinajstić information content (AvgIpc) is 3.10. The number of amides is 1. The van der Waals surface area contributed by atoms with Gasteiger partial charge in [-0.2, -0.15) is 0 Å². The van der Waals surface area contributed by atoms with Crippen LogP contribution in [0.5, 0.6) is 0 Å². The lowest BCUT2D eigenvalue weighted by atomic mass is 10.0. The van der Waals surface area contributed by atoms with E-state index in [4.69, 9.17) is 9.84 Å². The molecule has 1 aliphatic heterocycles. The summed E-state index contributed by atoms with van der Waals surface area (Å²) in [4.78, 5) is 29.7. The standard InChI is InChI=1S/C21H24N2O4/c1-21(2,3)27-20(26)23-12-4-5-18(23)17-11-10-16(13-22-17)14-6-8-15(9-7-14)19(24)25/h6-11,13,18H,4-5,12H2,1-3H3,(H,24,25)/t18-/m0/s1. The molecule has 1 saturated heterocycles. The molecule has 2 aromatic rings. The van der Waals surface area contributed by atoms with Gasteiger partial charge < -0.3 is 9.84 Å². The molecule has 1 aromatic carbocycles. The van der Waals surface area contributed by atoms with Crippen molar-refractivity contribution in [3.05, 3.63) is 53.9 Å². The smallest absolute Gasteiger partial charge is 0.410 e. The zero-order valence-electron chi connectivity index (χ0n) is 15.8. The number of nitrogens with zero attached hydrogens (tertiary/aromatic N) is 2. The molecule has 0 spiro atoms. The minimum absolute atomic E-state index is 0.0803. The van der Waals surface area contributed by atoms with Crippen molar-refractivity contribution in [3.63, 3.8) is 0 Å². The number of carbonyl (C=O) groups excluding carboxylic acids is 1. The molecule has 0 unspecified atom stereocenters. The van der Waals surface area contributed by atoms with E-state index < -0.39 is 11.6 Å². The number of carbonyl (C=O) groups is 2. The molecular formula is C21H24N2O4. The predicted octanol–water partition coefficient (Wildman–Crippen LogP) is 4.52. The van der Waals surface area contributed by atoms with Crippen molar-refractivity contribution in [1.82, 2.24) is 9.88 Å². The second-order valence-electron chi connectivity index (χ2n) is 7.69. The molecule has 1 aromatic heterocycles. The fraction of sp³-hybridized carbons (Fsp3) is 0.381. The summed E-state index contributed by atoms with van der Waals surface area (Å²) >= 11 is 0. The first-order chi connectivity index (χ1) is 12.7. The van der Waals surface area contributed by atoms with Crippen LogP contribution in [0.2, 0.25) is 0 Å². The van der Waals surface area contributed by atoms with E-state index in [1.54, 1.807) is 35.4 Å². The lowest BCUT2D eigenvalue weighted by Gasteiger charge is -2.28. The van der Waals surface area contributed by atoms with Gasteiger partial charge in [-0.3, -0.25) is 9.88 Å². The Kier molecular flexibility index (Phi) is 5.17. The normalized spacial score (nSPS) is 17.0. The van der Waals surface area contributed by atoms with Crippen LogP contribution in [0.25, 0.3) is 11.1 Å². The monoisotopic (exact) mass is 368 g/mol. The summed E-state index contributed by atoms with van der Waals surface area (Å²) in [6.45, 7) is 6.25. The summed E-state index contributed by atoms with van der Waals surface area (Å²) in [6.07, 6.45) is 3.24. The van der Waals surface area contributed by atoms with Crippen molar-refractivity contribution in [2.75, 3.05) is 6.54 Å². The number of rotatable bonds is 3. The molecule has 1 amide bonds. The quantitative estimate of drug-likeness (QED) is 0.862. The zero-order valence-corrected chi connectivity index (χ0v) is 15.8. The van der Waals surface area contributed by atoms with E-state index >= 15 is 0 Å². The van der Waals surface area contributed by atoms with E-state index in [2.05, 4.69) is 4.98 Å². The minimum atomic E-state index is -0.946. The molecule has 0 aliphatic carbocycles. The molecule has 6 nitrogen and oxygen atoms in total. The number of likely N-dealkylation sites (tertiary alicyclic amines) is 1. The first kappa shape index (κ1) is 18.9. The molecule has 0 bridgehead atoms. The van der Waals surface area contributed by atoms with Crippen molar-refractivity contribution in [1.29, 1.82) is 0 Å². The summed E-state index contributed by atoms with van der Waals surface area (Å²) in [5, 5.41) is 8.99. The van der Waals surface area contributed by atoms with E-state index in [1.807, 2.05) is 32.9 Å². The van der Waals surface area contributed by atoms with E-state index in [-0.39, 0.29) is 17.7 Å². The van der Waals surface area contributed by atoms with Gasteiger partial charge in [-0.05, 0) is 57.4 Å². The minimum Gasteiger partial charge on any atom is -0.478 e. The van der Waals surface area contributed by atoms with Gasteiger partial charge in [-0.1, -0.05) is 18.2 Å². The Labute approximate surface area is 158 Å². The van der Waals surface area contributed by atoms with Gasteiger partial charge in [0.05, 0.1) is 17.3 Å². The molecular weight excluding hydrogens is 344 g/mol. The molecule has 3 rings (SSSR count). The fourth-order valence-electron chi connectivity index (χ4n) is 3.19. The highest BCUT2D eigenvalue weighted by atomic mass is 16.6. The number of carboxylic acids is 1. The maximum atomic E-state index is 12.4. The second kappa shape index (κ2) is 7.39. The van der Waals surface area contributed by atoms with Crippen molar-refractivity contribution < 1.29 is 19.4 Å². The third kappa shape index (κ3) is 4.45. The molecule has 27 heavy (non-hydrogen) atoms. The van der Waals surface area contributed by atoms with Gasteiger partial charge in [0.1, 0.15) is 5.60 Å². The van der Waals surface area contributed by atoms with Crippen LogP contribution in [0.1, 0.15) is 55.7 Å². The number of hydrogen-bond donors (Lipinski definition) is 1. The van der Waals surface area contributed by atoms with E-state index in [0.717, 1.165) is 29.7 Å². The van der Waals surface area contributed by atoms with Crippen LogP contribution in [0.4, 0.5) is 4.79 Å². The summed E-state index contributed by atoms with van der Waals surface area (Å²) in [5.74, 6) is -0.946. The van der Waals surface area contributed by atoms with E-state index in [1.165, 1.54) is 0 Å². The number of carboxylic acid groups (broad SMARTS) is 1. The fourth-order valence-corrected chi connectivity index (χ4v) is 3.19. The number of hydrogen-bond acceptors (Lipinski definition) is 4. The Balaban J connectivity index is 1.76. The SMILES string of the molecule is CC(C)(C)OC(=O)N1CCC[C@H]1c1ccc(-c2ccc(C(=O)O)cc2)cn1. The topological polar surface area (TPSA) is 79.7 Å².